The summed E-state index contributed by atoms with van der Waals surface area (Å²) >= 11 is 0. The van der Waals surface area contributed by atoms with Gasteiger partial charge in [0.1, 0.15) is 5.75 Å². The van der Waals surface area contributed by atoms with E-state index < -0.39 is 6.36 Å². The maximum Gasteiger partial charge on any atom is 0.573 e. The molecule has 1 amide bonds. The van der Waals surface area contributed by atoms with Gasteiger partial charge in [-0.05, 0) is 37.1 Å². The minimum Gasteiger partial charge on any atom is -0.406 e. The summed E-state index contributed by atoms with van der Waals surface area (Å²) in [7, 11) is 1.69. The lowest BCUT2D eigenvalue weighted by atomic mass is 10.0. The third-order valence-electron chi connectivity index (χ3n) is 3.56. The number of carbonyl (C=O) groups excluding carboxylic acids is 1. The fourth-order valence-corrected chi connectivity index (χ4v) is 2.48. The maximum absolute atomic E-state index is 12.2. The molecule has 1 N–H and O–H groups in total. The summed E-state index contributed by atoms with van der Waals surface area (Å²) in [6.07, 6.45) is -1.77. The standard InChI is InChI=1S/C15H19F3N2O2.ClH/c1-20(14(21)13-4-2-3-9-19-13)10-11-5-7-12(8-6-11)22-15(16,17)18;/h5-8,13,19H,2-4,9-10H2,1H3;1H. The molecule has 1 aromatic rings. The van der Waals surface area contributed by atoms with Crippen molar-refractivity contribution >= 4 is 18.3 Å². The van der Waals surface area contributed by atoms with Gasteiger partial charge in [0, 0.05) is 13.6 Å². The lowest BCUT2D eigenvalue weighted by molar-refractivity contribution is -0.274. The fourth-order valence-electron chi connectivity index (χ4n) is 2.48. The minimum absolute atomic E-state index is 0. The zero-order valence-electron chi connectivity index (χ0n) is 12.7. The lowest BCUT2D eigenvalue weighted by Gasteiger charge is -2.27. The van der Waals surface area contributed by atoms with Gasteiger partial charge >= 0.3 is 6.36 Å². The second kappa shape index (κ2) is 8.40. The van der Waals surface area contributed by atoms with Gasteiger partial charge in [0.05, 0.1) is 6.04 Å². The molecule has 1 aliphatic rings. The molecule has 1 aliphatic heterocycles. The number of alkyl halides is 3. The van der Waals surface area contributed by atoms with Crippen LogP contribution in [0.1, 0.15) is 24.8 Å². The molecule has 0 aromatic heterocycles. The number of hydrogen-bond acceptors (Lipinski definition) is 3. The van der Waals surface area contributed by atoms with Gasteiger partial charge in [0.25, 0.3) is 0 Å². The van der Waals surface area contributed by atoms with Crippen LogP contribution in [-0.4, -0.2) is 36.8 Å². The van der Waals surface area contributed by atoms with Crippen molar-refractivity contribution in [1.29, 1.82) is 0 Å². The average molecular weight is 353 g/mol. The number of carbonyl (C=O) groups is 1. The van der Waals surface area contributed by atoms with Crippen LogP contribution in [0.25, 0.3) is 0 Å². The Morgan fingerprint density at radius 2 is 1.96 bits per heavy atom. The van der Waals surface area contributed by atoms with Crippen molar-refractivity contribution in [2.24, 2.45) is 0 Å². The third-order valence-corrected chi connectivity index (χ3v) is 3.56. The topological polar surface area (TPSA) is 41.6 Å². The summed E-state index contributed by atoms with van der Waals surface area (Å²) < 4.78 is 40.1. The number of benzene rings is 1. The van der Waals surface area contributed by atoms with Crippen LogP contribution >= 0.6 is 12.4 Å². The summed E-state index contributed by atoms with van der Waals surface area (Å²) in [6.45, 7) is 1.19. The normalized spacial score (nSPS) is 18.0. The highest BCUT2D eigenvalue weighted by Crippen LogP contribution is 2.23. The smallest absolute Gasteiger partial charge is 0.406 e. The molecule has 0 bridgehead atoms. The highest BCUT2D eigenvalue weighted by molar-refractivity contribution is 5.85. The molecule has 2 rings (SSSR count). The van der Waals surface area contributed by atoms with E-state index in [0.717, 1.165) is 31.4 Å². The van der Waals surface area contributed by atoms with E-state index in [0.29, 0.717) is 6.54 Å². The molecule has 23 heavy (non-hydrogen) atoms. The second-order valence-electron chi connectivity index (χ2n) is 5.39. The zero-order valence-corrected chi connectivity index (χ0v) is 13.5. The Bertz CT molecular complexity index is 502. The molecule has 1 atom stereocenters. The summed E-state index contributed by atoms with van der Waals surface area (Å²) in [5, 5.41) is 3.18. The van der Waals surface area contributed by atoms with Crippen molar-refractivity contribution in [2.75, 3.05) is 13.6 Å². The summed E-state index contributed by atoms with van der Waals surface area (Å²) in [5.74, 6) is -0.255. The molecular weight excluding hydrogens is 333 g/mol. The highest BCUT2D eigenvalue weighted by Gasteiger charge is 2.31. The first-order chi connectivity index (χ1) is 10.3. The van der Waals surface area contributed by atoms with Gasteiger partial charge < -0.3 is 15.0 Å². The van der Waals surface area contributed by atoms with Crippen molar-refractivity contribution in [1.82, 2.24) is 10.2 Å². The fraction of sp³-hybridized carbons (Fsp3) is 0.533. The molecule has 4 nitrogen and oxygen atoms in total. The Morgan fingerprint density at radius 1 is 1.30 bits per heavy atom. The van der Waals surface area contributed by atoms with Gasteiger partial charge in [-0.1, -0.05) is 18.6 Å². The van der Waals surface area contributed by atoms with E-state index in [-0.39, 0.29) is 30.1 Å². The van der Waals surface area contributed by atoms with Gasteiger partial charge in [0.2, 0.25) is 5.91 Å². The lowest BCUT2D eigenvalue weighted by Crippen LogP contribution is -2.46. The van der Waals surface area contributed by atoms with Crippen LogP contribution < -0.4 is 10.1 Å². The number of rotatable bonds is 4. The SMILES string of the molecule is CN(Cc1ccc(OC(F)(F)F)cc1)C(=O)C1CCCCN1.Cl. The zero-order chi connectivity index (χ0) is 16.2. The monoisotopic (exact) mass is 352 g/mol. The van der Waals surface area contributed by atoms with Gasteiger partial charge in [-0.15, -0.1) is 25.6 Å². The quantitative estimate of drug-likeness (QED) is 0.905. The first-order valence-corrected chi connectivity index (χ1v) is 7.18. The average Bonchev–Trinajstić information content (AvgIpc) is 2.48. The number of piperidine rings is 1. The molecule has 1 saturated heterocycles. The van der Waals surface area contributed by atoms with E-state index in [1.54, 1.807) is 11.9 Å². The molecule has 0 saturated carbocycles. The number of ether oxygens (including phenoxy) is 1. The Hall–Kier alpha value is -1.47. The molecule has 130 valence electrons. The molecule has 1 heterocycles. The molecular formula is C15H20ClF3N2O2. The Morgan fingerprint density at radius 3 is 2.48 bits per heavy atom. The van der Waals surface area contributed by atoms with Crippen molar-refractivity contribution < 1.29 is 22.7 Å². The number of likely N-dealkylation sites (N-methyl/N-ethyl adjacent to an activating group) is 1. The minimum atomic E-state index is -4.69. The molecule has 0 aliphatic carbocycles. The predicted octanol–water partition coefficient (Wildman–Crippen LogP) is 3.11. The van der Waals surface area contributed by atoms with Crippen LogP contribution in [0.2, 0.25) is 0 Å². The Labute approximate surface area is 139 Å². The van der Waals surface area contributed by atoms with E-state index >= 15 is 0 Å². The van der Waals surface area contributed by atoms with Crippen molar-refractivity contribution in [3.63, 3.8) is 0 Å². The van der Waals surface area contributed by atoms with Crippen LogP contribution in [0.5, 0.6) is 5.75 Å². The van der Waals surface area contributed by atoms with E-state index in [4.69, 9.17) is 0 Å². The summed E-state index contributed by atoms with van der Waals surface area (Å²) in [4.78, 5) is 13.8. The van der Waals surface area contributed by atoms with Crippen molar-refractivity contribution in [3.05, 3.63) is 29.8 Å². The van der Waals surface area contributed by atoms with Crippen LogP contribution in [0.15, 0.2) is 24.3 Å². The first-order valence-electron chi connectivity index (χ1n) is 7.18. The van der Waals surface area contributed by atoms with E-state index in [9.17, 15) is 18.0 Å². The summed E-state index contributed by atoms with van der Waals surface area (Å²) in [5.41, 5.74) is 0.751. The molecule has 1 fully saturated rings. The maximum atomic E-state index is 12.2. The summed E-state index contributed by atoms with van der Waals surface area (Å²) in [6, 6.07) is 5.39. The first kappa shape index (κ1) is 19.6. The number of nitrogens with zero attached hydrogens (tertiary/aromatic N) is 1. The number of amides is 1. The van der Waals surface area contributed by atoms with Gasteiger partial charge in [-0.3, -0.25) is 4.79 Å². The Balaban J connectivity index is 0.00000264. The molecule has 1 unspecified atom stereocenters. The third kappa shape index (κ3) is 6.27. The predicted molar refractivity (Wildman–Crippen MR) is 82.5 cm³/mol. The van der Waals surface area contributed by atoms with Crippen molar-refractivity contribution in [2.45, 2.75) is 38.2 Å². The van der Waals surface area contributed by atoms with Crippen LogP contribution in [0.4, 0.5) is 13.2 Å². The molecule has 0 radical (unpaired) electrons. The van der Waals surface area contributed by atoms with Gasteiger partial charge in [-0.25, -0.2) is 0 Å². The van der Waals surface area contributed by atoms with E-state index in [1.165, 1.54) is 24.3 Å². The number of hydrogen-bond donors (Lipinski definition) is 1. The number of nitrogens with one attached hydrogen (secondary N) is 1. The van der Waals surface area contributed by atoms with Gasteiger partial charge in [0.15, 0.2) is 0 Å². The van der Waals surface area contributed by atoms with Crippen LogP contribution in [0.3, 0.4) is 0 Å². The van der Waals surface area contributed by atoms with Gasteiger partial charge in [-0.2, -0.15) is 0 Å². The van der Waals surface area contributed by atoms with Crippen LogP contribution in [-0.2, 0) is 11.3 Å². The van der Waals surface area contributed by atoms with Crippen molar-refractivity contribution in [3.8, 4) is 5.75 Å². The van der Waals surface area contributed by atoms with Crippen LogP contribution in [0, 0.1) is 0 Å². The highest BCUT2D eigenvalue weighted by atomic mass is 35.5. The second-order valence-corrected chi connectivity index (χ2v) is 5.39. The molecule has 0 spiro atoms. The van der Waals surface area contributed by atoms with E-state index in [1.807, 2.05) is 0 Å². The van der Waals surface area contributed by atoms with E-state index in [2.05, 4.69) is 10.1 Å². The molecule has 1 aromatic carbocycles. The number of halogens is 4. The Kier molecular flexibility index (Phi) is 7.15. The largest absolute Gasteiger partial charge is 0.573 e. The molecule has 8 heteroatoms.